The minimum atomic E-state index is -4.37. The Kier molecular flexibility index (Phi) is 8.93. The summed E-state index contributed by atoms with van der Waals surface area (Å²) in [6, 6.07) is 14.4. The molecule has 1 aliphatic heterocycles. The molecule has 1 fully saturated rings. The van der Waals surface area contributed by atoms with Crippen LogP contribution in [0.15, 0.2) is 67.0 Å². The lowest BCUT2D eigenvalue weighted by Crippen LogP contribution is -2.37. The molecule has 0 saturated carbocycles. The topological polar surface area (TPSA) is 81.5 Å². The smallest absolute Gasteiger partial charge is 0.416 e. The Morgan fingerprint density at radius 2 is 1.92 bits per heavy atom. The number of hydrogen-bond donors (Lipinski definition) is 1. The van der Waals surface area contributed by atoms with Crippen molar-refractivity contribution in [1.29, 1.82) is 0 Å². The molecule has 0 atom stereocenters. The van der Waals surface area contributed by atoms with E-state index in [0.717, 1.165) is 68.4 Å². The molecule has 1 saturated heterocycles. The zero-order valence-electron chi connectivity index (χ0n) is 20.8. The van der Waals surface area contributed by atoms with Crippen LogP contribution in [0.25, 0.3) is 10.9 Å². The molecule has 1 amide bonds. The van der Waals surface area contributed by atoms with E-state index in [4.69, 9.17) is 9.47 Å². The van der Waals surface area contributed by atoms with E-state index in [-0.39, 0.29) is 5.69 Å². The van der Waals surface area contributed by atoms with Gasteiger partial charge in [-0.3, -0.25) is 9.69 Å². The number of carbonyl (C=O) groups is 1. The number of carbonyl (C=O) groups excluding carboxylic acids is 1. The molecule has 2 aromatic heterocycles. The first kappa shape index (κ1) is 27.1. The lowest BCUT2D eigenvalue weighted by Gasteiger charge is -2.26. The number of nitrogens with zero attached hydrogens (tertiary/aromatic N) is 4. The highest BCUT2D eigenvalue weighted by Gasteiger charge is 2.30. The normalized spacial score (nSPS) is 14.0. The number of aromatic nitrogens is 3. The number of aryl methyl sites for hydroxylation is 1. The van der Waals surface area contributed by atoms with Crippen LogP contribution in [0, 0.1) is 0 Å². The lowest BCUT2D eigenvalue weighted by atomic mass is 10.2. The summed E-state index contributed by atoms with van der Waals surface area (Å²) in [7, 11) is 2.04. The van der Waals surface area contributed by atoms with Crippen LogP contribution in [0.5, 0.6) is 11.6 Å². The van der Waals surface area contributed by atoms with E-state index in [0.29, 0.717) is 12.3 Å². The Balaban J connectivity index is 0.000000219. The van der Waals surface area contributed by atoms with E-state index in [9.17, 15) is 18.0 Å². The van der Waals surface area contributed by atoms with Gasteiger partial charge >= 0.3 is 6.18 Å². The number of hydrogen-bond acceptors (Lipinski definition) is 6. The molecule has 1 aliphatic rings. The summed E-state index contributed by atoms with van der Waals surface area (Å²) in [6.07, 6.45) is 0.575. The molecule has 0 aliphatic carbocycles. The van der Waals surface area contributed by atoms with Gasteiger partial charge in [0.05, 0.1) is 18.8 Å². The maximum atomic E-state index is 12.1. The van der Waals surface area contributed by atoms with Crippen LogP contribution >= 0.6 is 0 Å². The van der Waals surface area contributed by atoms with E-state index in [2.05, 4.69) is 36.9 Å². The third-order valence-electron chi connectivity index (χ3n) is 5.93. The second-order valence-electron chi connectivity index (χ2n) is 8.61. The predicted octanol–water partition coefficient (Wildman–Crippen LogP) is 4.91. The molecule has 2 aromatic carbocycles. The third kappa shape index (κ3) is 7.53. The van der Waals surface area contributed by atoms with Crippen molar-refractivity contribution in [3.8, 4) is 11.6 Å². The molecule has 5 rings (SSSR count). The van der Waals surface area contributed by atoms with Crippen molar-refractivity contribution < 1.29 is 27.4 Å². The van der Waals surface area contributed by atoms with E-state index in [1.807, 2.05) is 25.4 Å². The molecule has 0 radical (unpaired) electrons. The summed E-state index contributed by atoms with van der Waals surface area (Å²) in [5.74, 6) is 2.18. The molecule has 4 aromatic rings. The highest BCUT2D eigenvalue weighted by atomic mass is 19.4. The molecular formula is C27H28F3N5O3. The maximum Gasteiger partial charge on any atom is 0.416 e. The van der Waals surface area contributed by atoms with E-state index < -0.39 is 11.7 Å². The van der Waals surface area contributed by atoms with Gasteiger partial charge in [0.1, 0.15) is 11.6 Å². The molecule has 1 N–H and O–H groups in total. The number of rotatable bonds is 7. The van der Waals surface area contributed by atoms with Crippen molar-refractivity contribution in [2.45, 2.75) is 12.6 Å². The van der Waals surface area contributed by atoms with E-state index >= 15 is 0 Å². The van der Waals surface area contributed by atoms with Crippen molar-refractivity contribution in [1.82, 2.24) is 19.4 Å². The second kappa shape index (κ2) is 12.5. The van der Waals surface area contributed by atoms with Crippen molar-refractivity contribution >= 4 is 23.0 Å². The Labute approximate surface area is 218 Å². The van der Waals surface area contributed by atoms with Gasteiger partial charge in [-0.2, -0.15) is 18.2 Å². The molecule has 8 nitrogen and oxygen atoms in total. The molecule has 200 valence electrons. The van der Waals surface area contributed by atoms with Gasteiger partial charge in [-0.1, -0.05) is 6.07 Å². The molecule has 3 heterocycles. The van der Waals surface area contributed by atoms with Gasteiger partial charge in [0, 0.05) is 68.2 Å². The number of morpholine rings is 1. The van der Waals surface area contributed by atoms with Gasteiger partial charge in [-0.15, -0.1) is 0 Å². The third-order valence-corrected chi connectivity index (χ3v) is 5.93. The number of amides is 1. The highest BCUT2D eigenvalue weighted by molar-refractivity contribution is 5.81. The van der Waals surface area contributed by atoms with Crippen LogP contribution in [0.4, 0.5) is 18.9 Å². The summed E-state index contributed by atoms with van der Waals surface area (Å²) < 4.78 is 49.7. The highest BCUT2D eigenvalue weighted by Crippen LogP contribution is 2.30. The fourth-order valence-corrected chi connectivity index (χ4v) is 3.94. The minimum absolute atomic E-state index is 0.129. The summed E-state index contributed by atoms with van der Waals surface area (Å²) in [4.78, 5) is 21.2. The first-order valence-corrected chi connectivity index (χ1v) is 12.0. The monoisotopic (exact) mass is 527 g/mol. The molecular weight excluding hydrogens is 499 g/mol. The van der Waals surface area contributed by atoms with E-state index in [1.165, 1.54) is 17.6 Å². The Morgan fingerprint density at radius 3 is 2.68 bits per heavy atom. The predicted molar refractivity (Wildman–Crippen MR) is 137 cm³/mol. The van der Waals surface area contributed by atoms with Crippen molar-refractivity contribution in [3.05, 3.63) is 78.4 Å². The lowest BCUT2D eigenvalue weighted by molar-refractivity contribution is -0.137. The first-order valence-electron chi connectivity index (χ1n) is 12.0. The summed E-state index contributed by atoms with van der Waals surface area (Å²) >= 11 is 0. The zero-order chi connectivity index (χ0) is 27.0. The number of alkyl halides is 3. The minimum Gasteiger partial charge on any atom is -0.439 e. The number of ether oxygens (including phenoxy) is 2. The van der Waals surface area contributed by atoms with Crippen LogP contribution in [-0.4, -0.2) is 58.7 Å². The summed E-state index contributed by atoms with van der Waals surface area (Å²) in [5, 5.41) is 3.29. The standard InChI is InChI=1S/C19H22N4O2.C8H6F3NO/c1-22-8-5-15-14-16(2-3-17(15)22)25-19-4-7-20-18(21-19)6-9-23-10-12-24-13-11-23;9-8(10,11)6-2-1-3-7(4-6)12-5-13/h2-5,7-8,14H,6,9-13H2,1H3;1-5H,(H,12,13). The fourth-order valence-electron chi connectivity index (χ4n) is 3.94. The first-order chi connectivity index (χ1) is 18.3. The van der Waals surface area contributed by atoms with Crippen LogP contribution in [-0.2, 0) is 29.2 Å². The average Bonchev–Trinajstić information content (AvgIpc) is 3.28. The Bertz CT molecular complexity index is 1350. The van der Waals surface area contributed by atoms with Gasteiger partial charge in [-0.05, 0) is 42.5 Å². The SMILES string of the molecule is Cn1ccc2cc(Oc3ccnc(CCN4CCOCC4)n3)ccc21.O=CNc1cccc(C(F)(F)F)c1. The number of anilines is 1. The number of nitrogens with one attached hydrogen (secondary N) is 1. The van der Waals surface area contributed by atoms with Gasteiger partial charge in [0.2, 0.25) is 12.3 Å². The van der Waals surface area contributed by atoms with Crippen molar-refractivity contribution in [3.63, 3.8) is 0 Å². The molecule has 11 heteroatoms. The van der Waals surface area contributed by atoms with Gasteiger partial charge in [0.15, 0.2) is 0 Å². The Hall–Kier alpha value is -3.96. The van der Waals surface area contributed by atoms with Crippen molar-refractivity contribution in [2.75, 3.05) is 38.2 Å². The summed E-state index contributed by atoms with van der Waals surface area (Å²) in [5.41, 5.74) is 0.533. The van der Waals surface area contributed by atoms with Crippen LogP contribution in [0.1, 0.15) is 11.4 Å². The maximum absolute atomic E-state index is 12.1. The molecule has 0 bridgehead atoms. The van der Waals surface area contributed by atoms with E-state index in [1.54, 1.807) is 12.3 Å². The number of halogens is 3. The molecule has 38 heavy (non-hydrogen) atoms. The zero-order valence-corrected chi connectivity index (χ0v) is 20.8. The fraction of sp³-hybridized carbons (Fsp3) is 0.296. The largest absolute Gasteiger partial charge is 0.439 e. The van der Waals surface area contributed by atoms with Crippen molar-refractivity contribution in [2.24, 2.45) is 7.05 Å². The van der Waals surface area contributed by atoms with Crippen LogP contribution < -0.4 is 10.1 Å². The number of benzene rings is 2. The van der Waals surface area contributed by atoms with Crippen LogP contribution in [0.3, 0.4) is 0 Å². The van der Waals surface area contributed by atoms with Crippen LogP contribution in [0.2, 0.25) is 0 Å². The van der Waals surface area contributed by atoms with Gasteiger partial charge in [-0.25, -0.2) is 4.98 Å². The van der Waals surface area contributed by atoms with Gasteiger partial charge < -0.3 is 19.4 Å². The van der Waals surface area contributed by atoms with Gasteiger partial charge in [0.25, 0.3) is 0 Å². The molecule has 0 unspecified atom stereocenters. The quantitative estimate of drug-likeness (QED) is 0.344. The average molecular weight is 528 g/mol. The molecule has 0 spiro atoms. The summed E-state index contributed by atoms with van der Waals surface area (Å²) in [6.45, 7) is 4.53. The Morgan fingerprint density at radius 1 is 1.11 bits per heavy atom. The number of fused-ring (bicyclic) bond motifs is 1. The second-order valence-corrected chi connectivity index (χ2v) is 8.61.